The number of furan rings is 1. The van der Waals surface area contributed by atoms with Crippen molar-refractivity contribution in [3.05, 3.63) is 90.0 Å². The number of para-hydroxylation sites is 1. The third-order valence-corrected chi connectivity index (χ3v) is 14.1. The van der Waals surface area contributed by atoms with E-state index in [0.29, 0.717) is 63.8 Å². The van der Waals surface area contributed by atoms with Gasteiger partial charge in [0.15, 0.2) is 5.82 Å². The topological polar surface area (TPSA) is 182 Å². The van der Waals surface area contributed by atoms with Crippen LogP contribution in [0.15, 0.2) is 89.4 Å². The van der Waals surface area contributed by atoms with Gasteiger partial charge in [0.2, 0.25) is 27.4 Å². The molecule has 0 radical (unpaired) electrons. The van der Waals surface area contributed by atoms with Crippen LogP contribution < -0.4 is 24.8 Å². The first-order chi connectivity index (χ1) is 29.9. The van der Waals surface area contributed by atoms with Crippen LogP contribution in [0.3, 0.4) is 0 Å². The summed E-state index contributed by atoms with van der Waals surface area (Å²) in [6.45, 7) is 3.92. The number of aromatic nitrogens is 2. The quantitative estimate of drug-likeness (QED) is 0.120. The molecule has 324 valence electrons. The fraction of sp³-hybridized carbons (Fsp3) is 0.413. The Hall–Kier alpha value is -5.67. The highest BCUT2D eigenvalue weighted by atomic mass is 35.5. The fourth-order valence-electron chi connectivity index (χ4n) is 8.48. The first-order valence-electron chi connectivity index (χ1n) is 21.4. The molecular weight excluding hydrogens is 832 g/mol. The first-order valence-corrected chi connectivity index (χ1v) is 23.3. The molecule has 5 aromatic rings. The van der Waals surface area contributed by atoms with Crippen LogP contribution in [0, 0.1) is 5.92 Å². The van der Waals surface area contributed by atoms with Crippen LogP contribution in [-0.2, 0) is 24.4 Å². The van der Waals surface area contributed by atoms with Crippen LogP contribution in [0.25, 0.3) is 33.5 Å². The Morgan fingerprint density at radius 2 is 1.76 bits per heavy atom. The summed E-state index contributed by atoms with van der Waals surface area (Å²) in [6, 6.07) is 20.3. The number of rotatable bonds is 10. The van der Waals surface area contributed by atoms with Gasteiger partial charge in [-0.25, -0.2) is 13.4 Å². The Morgan fingerprint density at radius 3 is 2.52 bits per heavy atom. The molecule has 2 saturated carbocycles. The van der Waals surface area contributed by atoms with Gasteiger partial charge in [-0.2, -0.15) is 4.98 Å². The number of fused-ring (bicyclic) bond motifs is 5. The molecule has 2 aliphatic heterocycles. The summed E-state index contributed by atoms with van der Waals surface area (Å²) in [7, 11) is -3.90. The molecule has 5 atom stereocenters. The maximum Gasteiger partial charge on any atom is 0.262 e. The number of anilines is 1. The first kappa shape index (κ1) is 41.7. The SMILES string of the molecule is CC(C)Oc1ccc(-c2nc(O[C@@H]3C[C@H]4C(=O)N[C@]5(C(=O)NS(=O)(=O)C6CC6)C[C@H]5/C=C\CCCCC[C@H](Nc5ccc(Cl)cc5)C(=O)N4C3)c3oc4ccccc4c3n2)cc1. The third kappa shape index (κ3) is 8.69. The molecule has 2 aliphatic carbocycles. The van der Waals surface area contributed by atoms with Gasteiger partial charge in [0, 0.05) is 34.0 Å². The lowest BCUT2D eigenvalue weighted by Gasteiger charge is -2.30. The molecule has 3 aromatic carbocycles. The average Bonchev–Trinajstić information content (AvgIpc) is 4.15. The Morgan fingerprint density at radius 1 is 0.984 bits per heavy atom. The lowest BCUT2D eigenvalue weighted by Crippen LogP contribution is -2.57. The molecule has 4 heterocycles. The van der Waals surface area contributed by atoms with Crippen molar-refractivity contribution in [1.29, 1.82) is 0 Å². The van der Waals surface area contributed by atoms with Crippen molar-refractivity contribution in [1.82, 2.24) is 24.9 Å². The van der Waals surface area contributed by atoms with Gasteiger partial charge in [-0.05, 0) is 113 Å². The summed E-state index contributed by atoms with van der Waals surface area (Å²) in [4.78, 5) is 54.8. The zero-order valence-corrected chi connectivity index (χ0v) is 36.1. The molecular formula is C46H49ClN6O8S. The number of benzene rings is 3. The van der Waals surface area contributed by atoms with Crippen molar-refractivity contribution in [3.63, 3.8) is 0 Å². The maximum absolute atomic E-state index is 14.9. The highest BCUT2D eigenvalue weighted by molar-refractivity contribution is 7.91. The summed E-state index contributed by atoms with van der Waals surface area (Å²) in [5.41, 5.74) is 1.35. The normalized spacial score (nSPS) is 25.0. The molecule has 14 nitrogen and oxygen atoms in total. The van der Waals surface area contributed by atoms with Crippen molar-refractivity contribution in [2.24, 2.45) is 5.92 Å². The largest absolute Gasteiger partial charge is 0.491 e. The second-order valence-corrected chi connectivity index (χ2v) is 19.4. The monoisotopic (exact) mass is 880 g/mol. The molecule has 3 amide bonds. The number of carbonyl (C=O) groups excluding carboxylic acids is 3. The molecule has 62 heavy (non-hydrogen) atoms. The summed E-state index contributed by atoms with van der Waals surface area (Å²) >= 11 is 6.20. The van der Waals surface area contributed by atoms with Gasteiger partial charge >= 0.3 is 0 Å². The number of allylic oxidation sites excluding steroid dienone is 1. The van der Waals surface area contributed by atoms with E-state index < -0.39 is 56.7 Å². The number of sulfonamides is 1. The fourth-order valence-corrected chi connectivity index (χ4v) is 9.97. The molecule has 3 fully saturated rings. The van der Waals surface area contributed by atoms with E-state index in [1.165, 1.54) is 4.90 Å². The molecule has 4 aliphatic rings. The Labute approximate surface area is 364 Å². The van der Waals surface area contributed by atoms with E-state index in [9.17, 15) is 22.8 Å². The van der Waals surface area contributed by atoms with Crippen LogP contribution in [-0.4, -0.2) is 82.6 Å². The van der Waals surface area contributed by atoms with E-state index in [4.69, 9.17) is 35.5 Å². The molecule has 2 aromatic heterocycles. The number of hydrogen-bond donors (Lipinski definition) is 3. The van der Waals surface area contributed by atoms with Crippen LogP contribution in [0.1, 0.15) is 71.6 Å². The van der Waals surface area contributed by atoms with Crippen LogP contribution in [0.5, 0.6) is 11.6 Å². The second kappa shape index (κ2) is 16.9. The van der Waals surface area contributed by atoms with Crippen molar-refractivity contribution >= 4 is 67.1 Å². The van der Waals surface area contributed by atoms with E-state index in [-0.39, 0.29) is 37.3 Å². The maximum atomic E-state index is 14.9. The molecule has 0 unspecified atom stereocenters. The standard InChI is InChI=1S/C46H49ClN6O8S/c1-27(2)59-32-20-14-28(15-21-32)41-49-39-35-11-8-9-13-38(35)61-40(39)43(50-41)60-33-24-37-42(54)51-46(45(56)52-62(57,58)34-22-23-34)25-29(46)10-6-4-3-5-7-12-36(44(55)53(37)26-33)48-31-18-16-30(47)17-19-31/h6,8-11,13-21,27,29,33-34,36-37,48H,3-5,7,12,22-26H2,1-2H3,(H,51,54)(H,52,56)/b10-6-/t29-,33-,36+,37+,46-/m1/s1. The van der Waals surface area contributed by atoms with Crippen LogP contribution >= 0.6 is 11.6 Å². The van der Waals surface area contributed by atoms with Gasteiger partial charge in [-0.3, -0.25) is 19.1 Å². The van der Waals surface area contributed by atoms with Crippen molar-refractivity contribution in [2.75, 3.05) is 11.9 Å². The zero-order chi connectivity index (χ0) is 43.2. The number of hydrogen-bond acceptors (Lipinski definition) is 11. The van der Waals surface area contributed by atoms with Crippen LogP contribution in [0.2, 0.25) is 5.02 Å². The van der Waals surface area contributed by atoms with Gasteiger partial charge in [0.25, 0.3) is 11.8 Å². The van der Waals surface area contributed by atoms with E-state index in [1.54, 1.807) is 24.3 Å². The van der Waals surface area contributed by atoms with E-state index >= 15 is 0 Å². The lowest BCUT2D eigenvalue weighted by molar-refractivity contribution is -0.140. The third-order valence-electron chi connectivity index (χ3n) is 12.0. The smallest absolute Gasteiger partial charge is 0.262 e. The van der Waals surface area contributed by atoms with Crippen molar-refractivity contribution in [2.45, 2.75) is 107 Å². The number of ether oxygens (including phenoxy) is 2. The summed E-state index contributed by atoms with van der Waals surface area (Å²) < 4.78 is 47.1. The summed E-state index contributed by atoms with van der Waals surface area (Å²) in [5.74, 6) is -0.863. The van der Waals surface area contributed by atoms with E-state index in [1.807, 2.05) is 74.5 Å². The van der Waals surface area contributed by atoms with Crippen LogP contribution in [0.4, 0.5) is 5.69 Å². The number of amides is 3. The predicted octanol–water partition coefficient (Wildman–Crippen LogP) is 7.32. The minimum absolute atomic E-state index is 0.00228. The number of nitrogens with one attached hydrogen (secondary N) is 3. The average molecular weight is 881 g/mol. The zero-order valence-electron chi connectivity index (χ0n) is 34.5. The van der Waals surface area contributed by atoms with Gasteiger partial charge in [0.05, 0.1) is 17.9 Å². The molecule has 1 saturated heterocycles. The Balaban J connectivity index is 1.07. The Bertz CT molecular complexity index is 2650. The van der Waals surface area contributed by atoms with E-state index in [0.717, 1.165) is 31.1 Å². The van der Waals surface area contributed by atoms with Crippen molar-refractivity contribution in [3.8, 4) is 23.0 Å². The highest BCUT2D eigenvalue weighted by Gasteiger charge is 2.62. The minimum Gasteiger partial charge on any atom is -0.491 e. The minimum atomic E-state index is -3.90. The summed E-state index contributed by atoms with van der Waals surface area (Å²) in [5, 5.41) is 7.04. The van der Waals surface area contributed by atoms with E-state index in [2.05, 4.69) is 15.4 Å². The predicted molar refractivity (Wildman–Crippen MR) is 235 cm³/mol. The van der Waals surface area contributed by atoms with Crippen molar-refractivity contribution < 1.29 is 36.7 Å². The molecule has 0 spiro atoms. The second-order valence-electron chi connectivity index (χ2n) is 17.0. The van der Waals surface area contributed by atoms with Gasteiger partial charge in [0.1, 0.15) is 40.6 Å². The number of carbonyl (C=O) groups is 3. The number of halogens is 1. The molecule has 3 N–H and O–H groups in total. The van der Waals surface area contributed by atoms with Gasteiger partial charge in [-0.15, -0.1) is 0 Å². The lowest BCUT2D eigenvalue weighted by atomic mass is 10.0. The number of nitrogens with zero attached hydrogens (tertiary/aromatic N) is 3. The highest BCUT2D eigenvalue weighted by Crippen LogP contribution is 2.46. The van der Waals surface area contributed by atoms with Gasteiger partial charge < -0.3 is 29.4 Å². The Kier molecular flexibility index (Phi) is 11.4. The molecule has 9 rings (SSSR count). The summed E-state index contributed by atoms with van der Waals surface area (Å²) in [6.07, 6.45) is 8.02. The molecule has 0 bridgehead atoms. The molecule has 16 heteroatoms. The van der Waals surface area contributed by atoms with Gasteiger partial charge in [-0.1, -0.05) is 48.7 Å².